The number of hydrogen-bond acceptors (Lipinski definition) is 4. The van der Waals surface area contributed by atoms with E-state index in [1.54, 1.807) is 24.3 Å². The Kier molecular flexibility index (Phi) is 6.67. The van der Waals surface area contributed by atoms with Crippen LogP contribution < -0.4 is 15.2 Å². The van der Waals surface area contributed by atoms with E-state index >= 15 is 0 Å². The molecule has 0 aliphatic carbocycles. The summed E-state index contributed by atoms with van der Waals surface area (Å²) in [6, 6.07) is 14.2. The molecule has 0 aromatic heterocycles. The summed E-state index contributed by atoms with van der Waals surface area (Å²) >= 11 is 0. The van der Waals surface area contributed by atoms with Crippen molar-refractivity contribution in [1.29, 1.82) is 0 Å². The summed E-state index contributed by atoms with van der Waals surface area (Å²) < 4.78 is 68.6. The molecule has 3 rings (SSSR count). The van der Waals surface area contributed by atoms with Crippen molar-refractivity contribution in [2.45, 2.75) is 0 Å². The number of nitrogens with one attached hydrogen (secondary N) is 1. The average Bonchev–Trinajstić information content (AvgIpc) is 2.79. The van der Waals surface area contributed by atoms with Crippen molar-refractivity contribution in [2.75, 3.05) is 43.4 Å². The molecule has 0 radical (unpaired) electrons. The number of anilines is 3. The third kappa shape index (κ3) is 4.51. The van der Waals surface area contributed by atoms with Crippen LogP contribution in [0, 0.1) is 29.1 Å². The number of hydrogen-bond donors (Lipinski definition) is 1. The van der Waals surface area contributed by atoms with Crippen molar-refractivity contribution in [2.24, 2.45) is 5.10 Å². The molecule has 0 bridgehead atoms. The fraction of sp³-hybridized carbons (Fsp3) is 0.174. The van der Waals surface area contributed by atoms with E-state index in [1.165, 1.54) is 0 Å². The van der Waals surface area contributed by atoms with Crippen molar-refractivity contribution in [3.05, 3.63) is 88.7 Å². The first-order valence-electron chi connectivity index (χ1n) is 9.52. The van der Waals surface area contributed by atoms with Crippen LogP contribution in [0.1, 0.15) is 11.1 Å². The maximum Gasteiger partial charge on any atom is 0.200 e. The van der Waals surface area contributed by atoms with Gasteiger partial charge in [0, 0.05) is 50.7 Å². The van der Waals surface area contributed by atoms with Gasteiger partial charge in [-0.05, 0) is 24.3 Å². The lowest BCUT2D eigenvalue weighted by Crippen LogP contribution is -2.12. The topological polar surface area (TPSA) is 30.9 Å². The molecule has 0 amide bonds. The Bertz CT molecular complexity index is 1060. The fourth-order valence-corrected chi connectivity index (χ4v) is 2.95. The summed E-state index contributed by atoms with van der Waals surface area (Å²) in [5, 5.41) is 4.02. The van der Waals surface area contributed by atoms with Crippen molar-refractivity contribution >= 4 is 22.8 Å². The lowest BCUT2D eigenvalue weighted by Gasteiger charge is -2.16. The number of rotatable bonds is 6. The van der Waals surface area contributed by atoms with Crippen LogP contribution in [0.5, 0.6) is 0 Å². The first-order valence-corrected chi connectivity index (χ1v) is 9.52. The highest BCUT2D eigenvalue weighted by molar-refractivity contribution is 6.13. The molecular formula is C23H21F5N4. The molecule has 0 spiro atoms. The van der Waals surface area contributed by atoms with E-state index in [1.807, 2.05) is 67.7 Å². The minimum Gasteiger partial charge on any atom is -0.378 e. The molecule has 3 aromatic rings. The van der Waals surface area contributed by atoms with E-state index in [9.17, 15) is 22.0 Å². The molecule has 3 aromatic carbocycles. The quantitative estimate of drug-likeness (QED) is 0.181. The molecule has 0 fully saturated rings. The van der Waals surface area contributed by atoms with E-state index < -0.39 is 34.8 Å². The normalized spacial score (nSPS) is 10.7. The van der Waals surface area contributed by atoms with Crippen LogP contribution >= 0.6 is 0 Å². The SMILES string of the molecule is CN(C)c1ccc(C(=NNc2c(F)c(F)c(F)c(F)c2F)c2ccc(N(C)C)cc2)cc1. The fourth-order valence-electron chi connectivity index (χ4n) is 2.95. The van der Waals surface area contributed by atoms with E-state index in [0.717, 1.165) is 11.4 Å². The molecule has 0 saturated carbocycles. The van der Waals surface area contributed by atoms with Crippen molar-refractivity contribution in [3.63, 3.8) is 0 Å². The summed E-state index contributed by atoms with van der Waals surface area (Å²) in [6.07, 6.45) is 0. The largest absolute Gasteiger partial charge is 0.378 e. The molecule has 0 aliphatic heterocycles. The molecule has 1 N–H and O–H groups in total. The second-order valence-electron chi connectivity index (χ2n) is 7.40. The Morgan fingerprint density at radius 2 is 0.938 bits per heavy atom. The van der Waals surface area contributed by atoms with Gasteiger partial charge in [-0.25, -0.2) is 22.0 Å². The highest BCUT2D eigenvalue weighted by Crippen LogP contribution is 2.28. The molecular weight excluding hydrogens is 427 g/mol. The van der Waals surface area contributed by atoms with Gasteiger partial charge in [0.2, 0.25) is 5.82 Å². The predicted octanol–water partition coefficient (Wildman–Crippen LogP) is 5.38. The van der Waals surface area contributed by atoms with Gasteiger partial charge < -0.3 is 9.80 Å². The summed E-state index contributed by atoms with van der Waals surface area (Å²) in [5.74, 6) is -10.3. The predicted molar refractivity (Wildman–Crippen MR) is 117 cm³/mol. The molecule has 0 heterocycles. The summed E-state index contributed by atoms with van der Waals surface area (Å²) in [5.41, 5.74) is 4.02. The smallest absolute Gasteiger partial charge is 0.200 e. The Balaban J connectivity index is 2.10. The minimum atomic E-state index is -2.23. The van der Waals surface area contributed by atoms with Crippen LogP contribution in [0.15, 0.2) is 53.6 Å². The second-order valence-corrected chi connectivity index (χ2v) is 7.40. The van der Waals surface area contributed by atoms with Crippen LogP contribution in [0.2, 0.25) is 0 Å². The highest BCUT2D eigenvalue weighted by Gasteiger charge is 2.26. The van der Waals surface area contributed by atoms with Crippen LogP contribution in [0.3, 0.4) is 0 Å². The third-order valence-corrected chi connectivity index (χ3v) is 4.80. The monoisotopic (exact) mass is 448 g/mol. The Hall–Kier alpha value is -3.62. The van der Waals surface area contributed by atoms with E-state index in [-0.39, 0.29) is 5.71 Å². The van der Waals surface area contributed by atoms with Gasteiger partial charge in [0.1, 0.15) is 5.69 Å². The van der Waals surface area contributed by atoms with Crippen molar-refractivity contribution in [1.82, 2.24) is 0 Å². The third-order valence-electron chi connectivity index (χ3n) is 4.80. The first kappa shape index (κ1) is 23.1. The van der Waals surface area contributed by atoms with Gasteiger partial charge >= 0.3 is 0 Å². The van der Waals surface area contributed by atoms with Gasteiger partial charge in [-0.15, -0.1) is 0 Å². The van der Waals surface area contributed by atoms with E-state index in [0.29, 0.717) is 11.1 Å². The van der Waals surface area contributed by atoms with Crippen LogP contribution in [-0.2, 0) is 0 Å². The van der Waals surface area contributed by atoms with Crippen LogP contribution in [0.4, 0.5) is 39.0 Å². The van der Waals surface area contributed by atoms with Crippen molar-refractivity contribution in [3.8, 4) is 0 Å². The second kappa shape index (κ2) is 9.25. The van der Waals surface area contributed by atoms with Crippen LogP contribution in [0.25, 0.3) is 0 Å². The summed E-state index contributed by atoms with van der Waals surface area (Å²) in [7, 11) is 7.48. The van der Waals surface area contributed by atoms with Crippen molar-refractivity contribution < 1.29 is 22.0 Å². The molecule has 4 nitrogen and oxygen atoms in total. The zero-order valence-corrected chi connectivity index (χ0v) is 17.9. The molecule has 168 valence electrons. The van der Waals surface area contributed by atoms with Gasteiger partial charge in [0.25, 0.3) is 0 Å². The lowest BCUT2D eigenvalue weighted by molar-refractivity contribution is 0.381. The van der Waals surface area contributed by atoms with Gasteiger partial charge in [0.15, 0.2) is 23.3 Å². The molecule has 9 heteroatoms. The zero-order chi connectivity index (χ0) is 23.6. The minimum absolute atomic E-state index is 0.254. The number of nitrogens with zero attached hydrogens (tertiary/aromatic N) is 3. The Labute approximate surface area is 182 Å². The molecule has 0 aliphatic rings. The van der Waals surface area contributed by atoms with Gasteiger partial charge in [-0.3, -0.25) is 5.43 Å². The highest BCUT2D eigenvalue weighted by atomic mass is 19.2. The van der Waals surface area contributed by atoms with E-state index in [2.05, 4.69) is 5.10 Å². The summed E-state index contributed by atoms with van der Waals surface area (Å²) in [6.45, 7) is 0. The van der Waals surface area contributed by atoms with Gasteiger partial charge in [-0.1, -0.05) is 24.3 Å². The molecule has 0 atom stereocenters. The van der Waals surface area contributed by atoms with Gasteiger partial charge in [0.05, 0.1) is 5.71 Å². The number of benzene rings is 3. The standard InChI is InChI=1S/C23H21F5N4/c1-31(2)15-9-5-13(6-10-15)22(14-7-11-16(12-8-14)32(3)4)29-30-23-20(27)18(25)17(24)19(26)21(23)28/h5-12,30H,1-4H3. The average molecular weight is 448 g/mol. The lowest BCUT2D eigenvalue weighted by atomic mass is 10.0. The first-order chi connectivity index (χ1) is 15.1. The Morgan fingerprint density at radius 1 is 0.594 bits per heavy atom. The molecule has 0 saturated heterocycles. The number of hydrazone groups is 1. The molecule has 32 heavy (non-hydrogen) atoms. The zero-order valence-electron chi connectivity index (χ0n) is 17.9. The maximum atomic E-state index is 14.1. The number of halogens is 5. The molecule has 0 unspecified atom stereocenters. The summed E-state index contributed by atoms with van der Waals surface area (Å²) in [4.78, 5) is 3.78. The van der Waals surface area contributed by atoms with E-state index in [4.69, 9.17) is 0 Å². The van der Waals surface area contributed by atoms with Gasteiger partial charge in [-0.2, -0.15) is 5.10 Å². The Morgan fingerprint density at radius 3 is 1.28 bits per heavy atom. The maximum absolute atomic E-state index is 14.1. The van der Waals surface area contributed by atoms with Crippen LogP contribution in [-0.4, -0.2) is 33.9 Å².